The highest BCUT2D eigenvalue weighted by Crippen LogP contribution is 2.41. The normalized spacial score (nSPS) is 15.9. The van der Waals surface area contributed by atoms with E-state index >= 15 is 0 Å². The number of hydrogen-bond acceptors (Lipinski definition) is 6. The van der Waals surface area contributed by atoms with E-state index in [9.17, 15) is 19.8 Å². The summed E-state index contributed by atoms with van der Waals surface area (Å²) in [4.78, 5) is 29.6. The Labute approximate surface area is 189 Å². The third-order valence-corrected chi connectivity index (χ3v) is 6.33. The minimum Gasteiger partial charge on any atom is -0.503 e. The van der Waals surface area contributed by atoms with Gasteiger partial charge >= 0.3 is 0 Å². The molecule has 1 amide bonds. The maximum Gasteiger partial charge on any atom is 0.276 e. The first-order valence-corrected chi connectivity index (χ1v) is 10.9. The van der Waals surface area contributed by atoms with Crippen LogP contribution < -0.4 is 10.7 Å². The van der Waals surface area contributed by atoms with Crippen LogP contribution in [0.2, 0.25) is 5.02 Å². The number of aromatic hydroxyl groups is 1. The lowest BCUT2D eigenvalue weighted by Gasteiger charge is -2.32. The van der Waals surface area contributed by atoms with Gasteiger partial charge in [0.1, 0.15) is 5.65 Å². The van der Waals surface area contributed by atoms with Gasteiger partial charge in [-0.1, -0.05) is 24.4 Å². The minimum absolute atomic E-state index is 0.316. The highest BCUT2D eigenvalue weighted by atomic mass is 35.5. The standard InChI is InChI=1S/C22H26ClN5O4/c1-21(2,13-29)25-20(32)17-18(31)16(30)11-27(26-17)12-22(7-3-4-8-22)28-10-15(23)14-6-5-9-24-19(14)28/h5-6,9-11,29-30H,3-4,7-8,12-13H2,1-2H3,(H,25,32). The molecule has 0 aromatic carbocycles. The Bertz CT molecular complexity index is 1230. The van der Waals surface area contributed by atoms with Gasteiger partial charge in [0.05, 0.1) is 35.4 Å². The van der Waals surface area contributed by atoms with Crippen molar-refractivity contribution in [1.82, 2.24) is 24.6 Å². The zero-order chi connectivity index (χ0) is 23.1. The Morgan fingerprint density at radius 1 is 1.31 bits per heavy atom. The van der Waals surface area contributed by atoms with Gasteiger partial charge in [-0.25, -0.2) is 4.98 Å². The van der Waals surface area contributed by atoms with E-state index in [1.165, 1.54) is 10.9 Å². The molecule has 0 bridgehead atoms. The minimum atomic E-state index is -0.944. The smallest absolute Gasteiger partial charge is 0.276 e. The molecule has 1 saturated carbocycles. The van der Waals surface area contributed by atoms with Gasteiger partial charge in [0.15, 0.2) is 11.4 Å². The summed E-state index contributed by atoms with van der Waals surface area (Å²) in [6.07, 6.45) is 8.48. The van der Waals surface area contributed by atoms with Gasteiger partial charge < -0.3 is 20.1 Å². The first-order chi connectivity index (χ1) is 15.2. The second kappa shape index (κ2) is 8.22. The Morgan fingerprint density at radius 3 is 2.72 bits per heavy atom. The maximum absolute atomic E-state index is 12.7. The average molecular weight is 460 g/mol. The van der Waals surface area contributed by atoms with E-state index in [0.717, 1.165) is 36.7 Å². The van der Waals surface area contributed by atoms with Gasteiger partial charge in [-0.3, -0.25) is 14.3 Å². The van der Waals surface area contributed by atoms with Crippen LogP contribution in [0.5, 0.6) is 5.75 Å². The molecular weight excluding hydrogens is 434 g/mol. The fourth-order valence-electron chi connectivity index (χ4n) is 4.35. The van der Waals surface area contributed by atoms with Gasteiger partial charge in [-0.05, 0) is 38.8 Å². The predicted octanol–water partition coefficient (Wildman–Crippen LogP) is 2.42. The van der Waals surface area contributed by atoms with Crippen LogP contribution in [0.25, 0.3) is 11.0 Å². The topological polar surface area (TPSA) is 122 Å². The first kappa shape index (κ1) is 22.3. The van der Waals surface area contributed by atoms with Crippen molar-refractivity contribution in [3.05, 3.63) is 51.7 Å². The molecular formula is C22H26ClN5O4. The fraction of sp³-hybridized carbons (Fsp3) is 0.455. The summed E-state index contributed by atoms with van der Waals surface area (Å²) < 4.78 is 3.49. The molecule has 0 saturated heterocycles. The molecule has 4 rings (SSSR count). The number of carbonyl (C=O) groups excluding carboxylic acids is 1. The highest BCUT2D eigenvalue weighted by molar-refractivity contribution is 6.35. The number of aliphatic hydroxyl groups excluding tert-OH is 1. The van der Waals surface area contributed by atoms with Crippen molar-refractivity contribution < 1.29 is 15.0 Å². The predicted molar refractivity (Wildman–Crippen MR) is 120 cm³/mol. The third kappa shape index (κ3) is 3.98. The molecule has 1 aliphatic carbocycles. The molecule has 0 radical (unpaired) electrons. The zero-order valence-corrected chi connectivity index (χ0v) is 18.8. The van der Waals surface area contributed by atoms with Crippen LogP contribution in [-0.2, 0) is 12.1 Å². The summed E-state index contributed by atoms with van der Waals surface area (Å²) in [5.41, 5.74) is -1.89. The summed E-state index contributed by atoms with van der Waals surface area (Å²) in [5, 5.41) is 27.9. The third-order valence-electron chi connectivity index (χ3n) is 6.03. The Kier molecular flexibility index (Phi) is 5.72. The van der Waals surface area contributed by atoms with Gasteiger partial charge in [0, 0.05) is 17.8 Å². The quantitative estimate of drug-likeness (QED) is 0.520. The molecule has 0 unspecified atom stereocenters. The average Bonchev–Trinajstić information content (AvgIpc) is 3.36. The molecule has 0 spiro atoms. The lowest BCUT2D eigenvalue weighted by Crippen LogP contribution is -2.48. The summed E-state index contributed by atoms with van der Waals surface area (Å²) in [7, 11) is 0. The molecule has 10 heteroatoms. The number of nitrogens with one attached hydrogen (secondary N) is 1. The van der Waals surface area contributed by atoms with E-state index in [1.54, 1.807) is 20.0 Å². The molecule has 1 fully saturated rings. The zero-order valence-electron chi connectivity index (χ0n) is 18.0. The van der Waals surface area contributed by atoms with Gasteiger partial charge in [-0.2, -0.15) is 5.10 Å². The number of aliphatic hydroxyl groups is 1. The van der Waals surface area contributed by atoms with Gasteiger partial charge in [0.2, 0.25) is 0 Å². The number of rotatable bonds is 6. The van der Waals surface area contributed by atoms with Crippen molar-refractivity contribution in [1.29, 1.82) is 0 Å². The molecule has 0 atom stereocenters. The maximum atomic E-state index is 12.7. The van der Waals surface area contributed by atoms with E-state index in [0.29, 0.717) is 11.6 Å². The van der Waals surface area contributed by atoms with Crippen LogP contribution in [0.15, 0.2) is 35.5 Å². The summed E-state index contributed by atoms with van der Waals surface area (Å²) >= 11 is 6.47. The number of hydrogen-bond donors (Lipinski definition) is 3. The fourth-order valence-corrected chi connectivity index (χ4v) is 4.60. The van der Waals surface area contributed by atoms with Gasteiger partial charge in [-0.15, -0.1) is 0 Å². The van der Waals surface area contributed by atoms with E-state index in [1.807, 2.05) is 18.3 Å². The monoisotopic (exact) mass is 459 g/mol. The van der Waals surface area contributed by atoms with E-state index < -0.39 is 33.9 Å². The Hall–Kier alpha value is -2.91. The van der Waals surface area contributed by atoms with Crippen molar-refractivity contribution in [2.45, 2.75) is 57.2 Å². The number of aromatic nitrogens is 4. The number of amides is 1. The molecule has 3 heterocycles. The Balaban J connectivity index is 1.75. The van der Waals surface area contributed by atoms with Crippen molar-refractivity contribution in [2.24, 2.45) is 0 Å². The second-order valence-electron chi connectivity index (χ2n) is 9.04. The van der Waals surface area contributed by atoms with Crippen molar-refractivity contribution >= 4 is 28.5 Å². The van der Waals surface area contributed by atoms with Crippen LogP contribution >= 0.6 is 11.6 Å². The molecule has 1 aliphatic rings. The highest BCUT2D eigenvalue weighted by Gasteiger charge is 2.38. The summed E-state index contributed by atoms with van der Waals surface area (Å²) in [6.45, 7) is 3.24. The largest absolute Gasteiger partial charge is 0.503 e. The van der Waals surface area contributed by atoms with E-state index in [2.05, 4.69) is 20.0 Å². The van der Waals surface area contributed by atoms with Gasteiger partial charge in [0.25, 0.3) is 11.3 Å². The molecule has 3 aromatic rings. The summed E-state index contributed by atoms with van der Waals surface area (Å²) in [5.74, 6) is -1.32. The van der Waals surface area contributed by atoms with Crippen molar-refractivity contribution in [3.63, 3.8) is 0 Å². The molecule has 32 heavy (non-hydrogen) atoms. The molecule has 9 nitrogen and oxygen atoms in total. The lowest BCUT2D eigenvalue weighted by molar-refractivity contribution is 0.0858. The van der Waals surface area contributed by atoms with Crippen LogP contribution in [0, 0.1) is 0 Å². The number of fused-ring (bicyclic) bond motifs is 1. The van der Waals surface area contributed by atoms with Crippen LogP contribution in [0.1, 0.15) is 50.0 Å². The number of carbonyl (C=O) groups is 1. The molecule has 3 aromatic heterocycles. The van der Waals surface area contributed by atoms with Crippen LogP contribution in [-0.4, -0.2) is 47.6 Å². The molecule has 0 aliphatic heterocycles. The molecule has 170 valence electrons. The van der Waals surface area contributed by atoms with Crippen LogP contribution in [0.3, 0.4) is 0 Å². The first-order valence-electron chi connectivity index (χ1n) is 10.5. The molecule has 3 N–H and O–H groups in total. The number of nitrogens with zero attached hydrogens (tertiary/aromatic N) is 4. The van der Waals surface area contributed by atoms with Crippen molar-refractivity contribution in [3.8, 4) is 5.75 Å². The van der Waals surface area contributed by atoms with Crippen LogP contribution in [0.4, 0.5) is 0 Å². The van der Waals surface area contributed by atoms with E-state index in [4.69, 9.17) is 11.6 Å². The second-order valence-corrected chi connectivity index (χ2v) is 9.45. The lowest BCUT2D eigenvalue weighted by atomic mass is 9.97. The van der Waals surface area contributed by atoms with E-state index in [-0.39, 0.29) is 6.61 Å². The van der Waals surface area contributed by atoms with Crippen molar-refractivity contribution in [2.75, 3.05) is 6.61 Å². The number of pyridine rings is 1. The SMILES string of the molecule is CC(C)(CO)NC(=O)c1nn(CC2(n3cc(Cl)c4cccnc43)CCCC2)cc(O)c1=O. The summed E-state index contributed by atoms with van der Waals surface area (Å²) in [6, 6.07) is 3.75. The Morgan fingerprint density at radius 2 is 2.03 bits per heavy atom. The number of halogens is 1.